The lowest BCUT2D eigenvalue weighted by Gasteiger charge is -2.23. The summed E-state index contributed by atoms with van der Waals surface area (Å²) in [5.41, 5.74) is 5.65. The Balaban J connectivity index is 1.51. The first kappa shape index (κ1) is 26.9. The molecule has 0 bridgehead atoms. The van der Waals surface area contributed by atoms with Crippen LogP contribution in [0.15, 0.2) is 90.0 Å². The zero-order chi connectivity index (χ0) is 27.4. The average Bonchev–Trinajstić information content (AvgIpc) is 3.50. The van der Waals surface area contributed by atoms with Crippen LogP contribution in [0.3, 0.4) is 0 Å². The van der Waals surface area contributed by atoms with Crippen molar-refractivity contribution in [2.75, 3.05) is 6.61 Å². The highest BCUT2D eigenvalue weighted by atomic mass is 32.2. The molecule has 0 N–H and O–H groups in total. The number of aromatic nitrogens is 2. The summed E-state index contributed by atoms with van der Waals surface area (Å²) in [5.74, 6) is 0.794. The molecule has 3 aromatic carbocycles. The van der Waals surface area contributed by atoms with Crippen LogP contribution in [-0.2, 0) is 4.79 Å². The number of hydrogen-bond donors (Lipinski definition) is 0. The topological polar surface area (TPSA) is 47.4 Å². The van der Waals surface area contributed by atoms with Gasteiger partial charge in [-0.25, -0.2) is 4.68 Å². The molecular weight excluding hydrogens is 523 g/mol. The molecule has 1 fully saturated rings. The molecule has 0 saturated carbocycles. The molecule has 1 amide bonds. The summed E-state index contributed by atoms with van der Waals surface area (Å²) < 4.78 is 8.39. The third-order valence-corrected chi connectivity index (χ3v) is 8.08. The quantitative estimate of drug-likeness (QED) is 0.119. The second-order valence-corrected chi connectivity index (χ2v) is 11.2. The van der Waals surface area contributed by atoms with Crippen molar-refractivity contribution in [2.45, 2.75) is 39.7 Å². The molecule has 198 valence electrons. The van der Waals surface area contributed by atoms with Crippen LogP contribution in [0.5, 0.6) is 5.75 Å². The lowest BCUT2D eigenvalue weighted by atomic mass is 10.0. The third-order valence-electron chi connectivity index (χ3n) is 6.75. The first-order valence-electron chi connectivity index (χ1n) is 13.2. The summed E-state index contributed by atoms with van der Waals surface area (Å²) >= 11 is 7.00. The Labute approximate surface area is 239 Å². The molecule has 5 nitrogen and oxygen atoms in total. The molecule has 0 unspecified atom stereocenters. The zero-order valence-corrected chi connectivity index (χ0v) is 24.0. The highest BCUT2D eigenvalue weighted by molar-refractivity contribution is 8.26. The van der Waals surface area contributed by atoms with Gasteiger partial charge in [-0.2, -0.15) is 5.10 Å². The highest BCUT2D eigenvalue weighted by Gasteiger charge is 2.36. The standard InChI is InChI=1S/C32H31N3O2S2/c1-4-5-18-37-28-17-16-25(19-22(28)2)30-26(21-34(33-30)27-14-10-7-11-15-27)20-29-31(36)35(32(38)39-29)23(3)24-12-8-6-9-13-24/h6-17,19-21,23H,4-5,18H2,1-3H3/b29-20-/t23-/m1/s1. The van der Waals surface area contributed by atoms with Gasteiger partial charge in [-0.3, -0.25) is 9.69 Å². The smallest absolute Gasteiger partial charge is 0.266 e. The number of thiocarbonyl (C=S) groups is 1. The lowest BCUT2D eigenvalue weighted by Crippen LogP contribution is -2.30. The fraction of sp³-hybridized carbons (Fsp3) is 0.219. The van der Waals surface area contributed by atoms with E-state index < -0.39 is 0 Å². The van der Waals surface area contributed by atoms with Crippen LogP contribution in [0.2, 0.25) is 0 Å². The van der Waals surface area contributed by atoms with Gasteiger partial charge in [0.05, 0.1) is 23.2 Å². The molecule has 1 atom stereocenters. The van der Waals surface area contributed by atoms with Crippen LogP contribution in [0.4, 0.5) is 0 Å². The molecular formula is C32H31N3O2S2. The van der Waals surface area contributed by atoms with Gasteiger partial charge in [0.15, 0.2) is 0 Å². The summed E-state index contributed by atoms with van der Waals surface area (Å²) in [6.45, 7) is 6.91. The van der Waals surface area contributed by atoms with Crippen LogP contribution in [-0.4, -0.2) is 31.5 Å². The lowest BCUT2D eigenvalue weighted by molar-refractivity contribution is -0.123. The highest BCUT2D eigenvalue weighted by Crippen LogP contribution is 2.39. The molecule has 1 saturated heterocycles. The number of benzene rings is 3. The zero-order valence-electron chi connectivity index (χ0n) is 22.3. The number of carbonyl (C=O) groups excluding carboxylic acids is 1. The summed E-state index contributed by atoms with van der Waals surface area (Å²) in [4.78, 5) is 15.9. The van der Waals surface area contributed by atoms with Gasteiger partial charge in [-0.15, -0.1) is 0 Å². The fourth-order valence-electron chi connectivity index (χ4n) is 4.55. The monoisotopic (exact) mass is 553 g/mol. The predicted molar refractivity (Wildman–Crippen MR) is 164 cm³/mol. The van der Waals surface area contributed by atoms with E-state index in [0.717, 1.165) is 52.2 Å². The molecule has 1 aliphatic heterocycles. The molecule has 7 heteroatoms. The number of unbranched alkanes of at least 4 members (excludes halogenated alkanes) is 1. The normalized spacial score (nSPS) is 15.3. The van der Waals surface area contributed by atoms with Crippen molar-refractivity contribution < 1.29 is 9.53 Å². The van der Waals surface area contributed by atoms with E-state index in [1.807, 2.05) is 96.7 Å². The number of carbonyl (C=O) groups is 1. The van der Waals surface area contributed by atoms with Gasteiger partial charge in [0.1, 0.15) is 15.8 Å². The Bertz CT molecular complexity index is 1510. The number of amides is 1. The number of thioether (sulfide) groups is 1. The Kier molecular flexibility index (Phi) is 8.29. The number of hydrogen-bond acceptors (Lipinski definition) is 5. The van der Waals surface area contributed by atoms with E-state index in [-0.39, 0.29) is 11.9 Å². The van der Waals surface area contributed by atoms with Crippen LogP contribution in [0, 0.1) is 6.92 Å². The molecule has 0 radical (unpaired) electrons. The number of para-hydroxylation sites is 1. The van der Waals surface area contributed by atoms with Crippen molar-refractivity contribution in [1.29, 1.82) is 0 Å². The molecule has 4 aromatic rings. The summed E-state index contributed by atoms with van der Waals surface area (Å²) in [6, 6.07) is 25.9. The Morgan fingerprint density at radius 1 is 1.05 bits per heavy atom. The van der Waals surface area contributed by atoms with E-state index in [1.165, 1.54) is 11.8 Å². The van der Waals surface area contributed by atoms with Crippen molar-refractivity contribution in [3.8, 4) is 22.7 Å². The van der Waals surface area contributed by atoms with Gasteiger partial charge >= 0.3 is 0 Å². The maximum Gasteiger partial charge on any atom is 0.266 e. The summed E-state index contributed by atoms with van der Waals surface area (Å²) in [6.07, 6.45) is 6.00. The number of ether oxygens (including phenoxy) is 1. The summed E-state index contributed by atoms with van der Waals surface area (Å²) in [5, 5.41) is 4.95. The van der Waals surface area contributed by atoms with E-state index in [4.69, 9.17) is 22.1 Å². The maximum atomic E-state index is 13.6. The minimum atomic E-state index is -0.154. The largest absolute Gasteiger partial charge is 0.493 e. The van der Waals surface area contributed by atoms with Gasteiger partial charge in [0, 0.05) is 17.3 Å². The molecule has 1 aliphatic rings. The van der Waals surface area contributed by atoms with Gasteiger partial charge in [0.2, 0.25) is 0 Å². The van der Waals surface area contributed by atoms with Gasteiger partial charge < -0.3 is 4.74 Å². The minimum absolute atomic E-state index is 0.0874. The van der Waals surface area contributed by atoms with E-state index in [1.54, 1.807) is 4.90 Å². The molecule has 2 heterocycles. The van der Waals surface area contributed by atoms with E-state index >= 15 is 0 Å². The number of aryl methyl sites for hydroxylation is 1. The van der Waals surface area contributed by atoms with Gasteiger partial charge in [-0.1, -0.05) is 85.9 Å². The van der Waals surface area contributed by atoms with Crippen molar-refractivity contribution in [3.63, 3.8) is 0 Å². The van der Waals surface area contributed by atoms with Crippen LogP contribution in [0.1, 0.15) is 49.4 Å². The molecule has 39 heavy (non-hydrogen) atoms. The molecule has 5 rings (SSSR count). The second kappa shape index (κ2) is 12.0. The van der Waals surface area contributed by atoms with Gasteiger partial charge in [0.25, 0.3) is 5.91 Å². The Morgan fingerprint density at radius 2 is 1.77 bits per heavy atom. The van der Waals surface area contributed by atoms with Crippen LogP contribution < -0.4 is 4.74 Å². The molecule has 0 spiro atoms. The molecule has 0 aliphatic carbocycles. The first-order valence-corrected chi connectivity index (χ1v) is 14.4. The van der Waals surface area contributed by atoms with E-state index in [2.05, 4.69) is 19.9 Å². The fourth-order valence-corrected chi connectivity index (χ4v) is 5.96. The van der Waals surface area contributed by atoms with Crippen LogP contribution >= 0.6 is 24.0 Å². The summed E-state index contributed by atoms with van der Waals surface area (Å²) in [7, 11) is 0. The van der Waals surface area contributed by atoms with Crippen molar-refractivity contribution in [3.05, 3.63) is 107 Å². The average molecular weight is 554 g/mol. The Morgan fingerprint density at radius 3 is 2.46 bits per heavy atom. The van der Waals surface area contributed by atoms with Crippen molar-refractivity contribution >= 4 is 40.3 Å². The second-order valence-electron chi connectivity index (χ2n) is 9.53. The number of nitrogens with zero attached hydrogens (tertiary/aromatic N) is 3. The number of rotatable bonds is 9. The first-order chi connectivity index (χ1) is 19.0. The maximum absolute atomic E-state index is 13.6. The van der Waals surface area contributed by atoms with E-state index in [9.17, 15) is 4.79 Å². The third kappa shape index (κ3) is 5.84. The molecule has 1 aromatic heterocycles. The van der Waals surface area contributed by atoms with Crippen molar-refractivity contribution in [1.82, 2.24) is 14.7 Å². The van der Waals surface area contributed by atoms with Crippen molar-refractivity contribution in [2.24, 2.45) is 0 Å². The Hall–Kier alpha value is -3.68. The van der Waals surface area contributed by atoms with Gasteiger partial charge in [-0.05, 0) is 67.8 Å². The minimum Gasteiger partial charge on any atom is -0.493 e. The predicted octanol–water partition coefficient (Wildman–Crippen LogP) is 7.99. The van der Waals surface area contributed by atoms with E-state index in [0.29, 0.717) is 15.8 Å². The van der Waals surface area contributed by atoms with Crippen LogP contribution in [0.25, 0.3) is 23.0 Å². The SMILES string of the molecule is CCCCOc1ccc(-c2nn(-c3ccccc3)cc2/C=C2\SC(=S)N([C@H](C)c3ccccc3)C2=O)cc1C.